The maximum absolute atomic E-state index is 14.1. The number of halogens is 1. The fourth-order valence-corrected chi connectivity index (χ4v) is 7.94. The summed E-state index contributed by atoms with van der Waals surface area (Å²) in [5.74, 6) is 0.0809. The molecule has 1 aromatic heterocycles. The molecule has 0 unspecified atom stereocenters. The van der Waals surface area contributed by atoms with Crippen LogP contribution in [-0.4, -0.2) is 86.6 Å². The summed E-state index contributed by atoms with van der Waals surface area (Å²) in [5, 5.41) is 5.07. The van der Waals surface area contributed by atoms with Crippen molar-refractivity contribution in [3.63, 3.8) is 0 Å². The smallest absolute Gasteiger partial charge is 0.343 e. The first-order valence-electron chi connectivity index (χ1n) is 17.4. The first-order valence-corrected chi connectivity index (χ1v) is 17.8. The lowest BCUT2D eigenvalue weighted by atomic mass is 9.91. The van der Waals surface area contributed by atoms with Crippen LogP contribution in [0.1, 0.15) is 75.5 Å². The molecule has 0 bridgehead atoms. The molecule has 0 spiro atoms. The quantitative estimate of drug-likeness (QED) is 0.314. The maximum Gasteiger partial charge on any atom is 0.343 e. The second-order valence-electron chi connectivity index (χ2n) is 13.5. The number of nitrogens with zero attached hydrogens (tertiary/aromatic N) is 5. The largest absolute Gasteiger partial charge is 0.397 e. The molecule has 0 radical (unpaired) electrons. The van der Waals surface area contributed by atoms with Gasteiger partial charge in [-0.15, -0.1) is 5.10 Å². The number of hydrogen-bond donors (Lipinski definition) is 2. The van der Waals surface area contributed by atoms with Gasteiger partial charge < -0.3 is 20.4 Å². The van der Waals surface area contributed by atoms with Crippen LogP contribution in [0.25, 0.3) is 11.4 Å². The van der Waals surface area contributed by atoms with Crippen molar-refractivity contribution >= 4 is 29.1 Å². The second-order valence-corrected chi connectivity index (χ2v) is 13.9. The van der Waals surface area contributed by atoms with E-state index in [0.29, 0.717) is 54.9 Å². The molecule has 3 aliphatic rings. The van der Waals surface area contributed by atoms with Crippen molar-refractivity contribution in [3.8, 4) is 11.4 Å². The molecule has 1 atom stereocenters. The van der Waals surface area contributed by atoms with Crippen LogP contribution >= 0.6 is 11.6 Å². The molecule has 6 rings (SSSR count). The molecule has 2 amide bonds. The number of rotatable bonds is 9. The summed E-state index contributed by atoms with van der Waals surface area (Å²) in [5.41, 5.74) is 9.30. The molecule has 3 N–H and O–H groups in total. The van der Waals surface area contributed by atoms with E-state index in [2.05, 4.69) is 15.0 Å². The summed E-state index contributed by atoms with van der Waals surface area (Å²) in [6.07, 6.45) is 8.36. The van der Waals surface area contributed by atoms with E-state index in [9.17, 15) is 14.4 Å². The first kappa shape index (κ1) is 33.3. The monoisotopic (exact) mass is 661 g/mol. The number of amides is 2. The number of aromatic amines is 1. The van der Waals surface area contributed by atoms with Crippen LogP contribution in [0.3, 0.4) is 0 Å². The fraction of sp³-hybridized carbons (Fsp3) is 0.556. The molecule has 3 saturated heterocycles. The van der Waals surface area contributed by atoms with Crippen molar-refractivity contribution in [2.24, 2.45) is 5.92 Å². The third-order valence-electron chi connectivity index (χ3n) is 10.4. The van der Waals surface area contributed by atoms with Crippen molar-refractivity contribution in [1.82, 2.24) is 29.5 Å². The number of nitrogens with two attached hydrogens (primary N) is 1. The number of carbonyl (C=O) groups is 2. The van der Waals surface area contributed by atoms with Gasteiger partial charge in [0.1, 0.15) is 0 Å². The standard InChI is InChI=1S/C36H48ClN7O3/c1-2-26-21-25(23-31(37)33(26)38)22-28(35(46)43-19-11-29(12-20-43)41-15-7-4-8-16-41)24-32(45)42-17-13-30(14-18-42)44-36(47)39-34(40-44)27-9-5-3-6-10-27/h3,5-6,9-10,21,23,28-30H,2,4,7-8,11-20,22,24,38H2,1H3,(H,39,40,47)/t28-/m0/s1. The maximum atomic E-state index is 14.1. The summed E-state index contributed by atoms with van der Waals surface area (Å²) < 4.78 is 1.53. The van der Waals surface area contributed by atoms with E-state index in [1.54, 1.807) is 0 Å². The highest BCUT2D eigenvalue weighted by molar-refractivity contribution is 6.33. The minimum atomic E-state index is -0.487. The van der Waals surface area contributed by atoms with Crippen molar-refractivity contribution in [3.05, 3.63) is 69.1 Å². The number of aryl methyl sites for hydroxylation is 1. The molecule has 3 aliphatic heterocycles. The first-order chi connectivity index (χ1) is 22.8. The van der Waals surface area contributed by atoms with Gasteiger partial charge in [0.05, 0.1) is 22.7 Å². The minimum absolute atomic E-state index is 0.0263. The van der Waals surface area contributed by atoms with Gasteiger partial charge in [-0.05, 0) is 81.6 Å². The van der Waals surface area contributed by atoms with Crippen molar-refractivity contribution in [2.45, 2.75) is 83.2 Å². The van der Waals surface area contributed by atoms with Crippen LogP contribution in [0.2, 0.25) is 5.02 Å². The van der Waals surface area contributed by atoms with E-state index >= 15 is 0 Å². The lowest BCUT2D eigenvalue weighted by molar-refractivity contribution is -0.143. The number of hydrogen-bond acceptors (Lipinski definition) is 6. The van der Waals surface area contributed by atoms with Gasteiger partial charge in [-0.3, -0.25) is 14.6 Å². The van der Waals surface area contributed by atoms with Gasteiger partial charge in [0, 0.05) is 44.2 Å². The van der Waals surface area contributed by atoms with E-state index in [4.69, 9.17) is 17.3 Å². The zero-order chi connectivity index (χ0) is 32.9. The zero-order valence-electron chi connectivity index (χ0n) is 27.5. The Kier molecular flexibility index (Phi) is 10.7. The number of piperidine rings is 3. The van der Waals surface area contributed by atoms with Crippen molar-refractivity contribution in [2.75, 3.05) is 45.0 Å². The van der Waals surface area contributed by atoms with Gasteiger partial charge in [0.15, 0.2) is 5.82 Å². The summed E-state index contributed by atoms with van der Waals surface area (Å²) in [4.78, 5) is 50.0. The number of H-pyrrole nitrogens is 1. The number of likely N-dealkylation sites (tertiary alicyclic amines) is 3. The predicted octanol–water partition coefficient (Wildman–Crippen LogP) is 4.93. The van der Waals surface area contributed by atoms with Crippen LogP contribution in [0.4, 0.5) is 5.69 Å². The predicted molar refractivity (Wildman–Crippen MR) is 185 cm³/mol. The van der Waals surface area contributed by atoms with Crippen molar-refractivity contribution in [1.29, 1.82) is 0 Å². The molecule has 252 valence electrons. The van der Waals surface area contributed by atoms with E-state index < -0.39 is 5.92 Å². The third kappa shape index (κ3) is 7.75. The van der Waals surface area contributed by atoms with E-state index in [1.165, 1.54) is 23.9 Å². The van der Waals surface area contributed by atoms with Gasteiger partial charge in [-0.25, -0.2) is 9.48 Å². The molecule has 2 aromatic carbocycles. The Morgan fingerprint density at radius 1 is 0.936 bits per heavy atom. The molecule has 0 saturated carbocycles. The normalized spacial score (nSPS) is 19.2. The van der Waals surface area contributed by atoms with Crippen LogP contribution in [0, 0.1) is 5.92 Å². The highest BCUT2D eigenvalue weighted by atomic mass is 35.5. The summed E-state index contributed by atoms with van der Waals surface area (Å²) >= 11 is 6.51. The molecule has 11 heteroatoms. The molecule has 47 heavy (non-hydrogen) atoms. The van der Waals surface area contributed by atoms with Crippen LogP contribution < -0.4 is 11.4 Å². The Balaban J connectivity index is 1.12. The van der Waals surface area contributed by atoms with Gasteiger partial charge in [-0.2, -0.15) is 0 Å². The molecular weight excluding hydrogens is 614 g/mol. The number of anilines is 1. The zero-order valence-corrected chi connectivity index (χ0v) is 28.3. The topological polar surface area (TPSA) is 121 Å². The molecule has 0 aliphatic carbocycles. The van der Waals surface area contributed by atoms with Gasteiger partial charge >= 0.3 is 5.69 Å². The average molecular weight is 662 g/mol. The summed E-state index contributed by atoms with van der Waals surface area (Å²) in [7, 11) is 0. The number of nitrogen functional groups attached to an aromatic ring is 1. The number of aromatic nitrogens is 3. The average Bonchev–Trinajstić information content (AvgIpc) is 3.51. The Bertz CT molecular complexity index is 1580. The Morgan fingerprint density at radius 3 is 2.28 bits per heavy atom. The number of carbonyl (C=O) groups excluding carboxylic acids is 2. The highest BCUT2D eigenvalue weighted by Crippen LogP contribution is 2.30. The lowest BCUT2D eigenvalue weighted by Crippen LogP contribution is -2.50. The Labute approximate surface area is 282 Å². The molecule has 10 nitrogen and oxygen atoms in total. The SMILES string of the molecule is CCc1cc(C[C@@H](CC(=O)N2CCC(n3nc(-c4ccccc4)[nH]c3=O)CC2)C(=O)N2CCC(N3CCCCC3)CC2)cc(Cl)c1N. The number of benzene rings is 2. The van der Waals surface area contributed by atoms with Crippen LogP contribution in [0.15, 0.2) is 47.3 Å². The summed E-state index contributed by atoms with van der Waals surface area (Å²) in [6.45, 7) is 6.83. The van der Waals surface area contributed by atoms with Gasteiger partial charge in [0.2, 0.25) is 11.8 Å². The molecule has 4 heterocycles. The van der Waals surface area contributed by atoms with E-state index in [1.807, 2.05) is 59.2 Å². The Hall–Kier alpha value is -3.63. The van der Waals surface area contributed by atoms with Gasteiger partial charge in [-0.1, -0.05) is 61.3 Å². The van der Waals surface area contributed by atoms with Gasteiger partial charge in [0.25, 0.3) is 0 Å². The second kappa shape index (κ2) is 15.1. The molecular formula is C36H48ClN7O3. The van der Waals surface area contributed by atoms with E-state index in [-0.39, 0.29) is 30.0 Å². The van der Waals surface area contributed by atoms with E-state index in [0.717, 1.165) is 62.1 Å². The fourth-order valence-electron chi connectivity index (χ4n) is 7.68. The Morgan fingerprint density at radius 2 is 1.60 bits per heavy atom. The summed E-state index contributed by atoms with van der Waals surface area (Å²) in [6, 6.07) is 13.9. The van der Waals surface area contributed by atoms with Crippen molar-refractivity contribution < 1.29 is 9.59 Å². The molecule has 3 fully saturated rings. The number of nitrogens with one attached hydrogen (secondary N) is 1. The lowest BCUT2D eigenvalue weighted by Gasteiger charge is -2.41. The third-order valence-corrected chi connectivity index (χ3v) is 10.8. The molecule has 3 aromatic rings. The van der Waals surface area contributed by atoms with Crippen LogP contribution in [-0.2, 0) is 22.4 Å². The highest BCUT2D eigenvalue weighted by Gasteiger charge is 2.34. The van der Waals surface area contributed by atoms with Crippen LogP contribution in [0.5, 0.6) is 0 Å². The minimum Gasteiger partial charge on any atom is -0.397 e.